The number of carbonyl (C=O) groups is 1. The van der Waals surface area contributed by atoms with Crippen LogP contribution in [-0.4, -0.2) is 25.5 Å². The lowest BCUT2D eigenvalue weighted by Gasteiger charge is -2.39. The molecule has 1 heterocycles. The lowest BCUT2D eigenvalue weighted by atomic mass is 9.69. The fourth-order valence-electron chi connectivity index (χ4n) is 1.19. The highest BCUT2D eigenvalue weighted by atomic mass is 16.2. The summed E-state index contributed by atoms with van der Waals surface area (Å²) in [5, 5.41) is 6.16. The summed E-state index contributed by atoms with van der Waals surface area (Å²) >= 11 is 0. The summed E-state index contributed by atoms with van der Waals surface area (Å²) in [5.74, 6) is 0.395. The van der Waals surface area contributed by atoms with Gasteiger partial charge in [-0.3, -0.25) is 4.79 Å². The Labute approximate surface area is 93.0 Å². The van der Waals surface area contributed by atoms with E-state index >= 15 is 0 Å². The second kappa shape index (κ2) is 4.12. The molecule has 0 aromatic heterocycles. The van der Waals surface area contributed by atoms with Gasteiger partial charge in [0.15, 0.2) is 0 Å². The molecule has 3 nitrogen and oxygen atoms in total. The maximum absolute atomic E-state index is 11.6. The molecule has 0 radical (unpaired) electrons. The van der Waals surface area contributed by atoms with E-state index in [1.165, 1.54) is 0 Å². The number of rotatable bonds is 3. The number of carbonyl (C=O) groups excluding carboxylic acids is 1. The van der Waals surface area contributed by atoms with Crippen molar-refractivity contribution in [3.63, 3.8) is 0 Å². The van der Waals surface area contributed by atoms with Crippen LogP contribution in [0.4, 0.5) is 0 Å². The maximum atomic E-state index is 11.6. The van der Waals surface area contributed by atoms with Crippen molar-refractivity contribution in [1.29, 1.82) is 0 Å². The molecule has 1 aliphatic heterocycles. The van der Waals surface area contributed by atoms with Gasteiger partial charge in [-0.2, -0.15) is 0 Å². The molecule has 1 fully saturated rings. The zero-order valence-electron chi connectivity index (χ0n) is 10.6. The first kappa shape index (κ1) is 12.5. The molecule has 0 atom stereocenters. The third-order valence-electron chi connectivity index (χ3n) is 3.89. The first-order valence-electron chi connectivity index (χ1n) is 5.72. The molecule has 0 unspecified atom stereocenters. The van der Waals surface area contributed by atoms with Gasteiger partial charge in [-0.15, -0.1) is 0 Å². The quantitative estimate of drug-likeness (QED) is 0.742. The fraction of sp³-hybridized carbons (Fsp3) is 0.917. The third kappa shape index (κ3) is 2.94. The molecule has 88 valence electrons. The van der Waals surface area contributed by atoms with Gasteiger partial charge >= 0.3 is 0 Å². The summed E-state index contributed by atoms with van der Waals surface area (Å²) in [6.45, 7) is 13.5. The Morgan fingerprint density at radius 3 is 2.13 bits per heavy atom. The summed E-state index contributed by atoms with van der Waals surface area (Å²) in [5.41, 5.74) is 0.331. The highest BCUT2D eigenvalue weighted by molar-refractivity contribution is 5.80. The predicted molar refractivity (Wildman–Crippen MR) is 62.6 cm³/mol. The molecular formula is C12H24N2O. The molecule has 1 saturated heterocycles. The van der Waals surface area contributed by atoms with Crippen molar-refractivity contribution in [1.82, 2.24) is 10.6 Å². The van der Waals surface area contributed by atoms with Crippen LogP contribution in [0.2, 0.25) is 0 Å². The van der Waals surface area contributed by atoms with Gasteiger partial charge in [-0.1, -0.05) is 34.6 Å². The third-order valence-corrected chi connectivity index (χ3v) is 3.89. The van der Waals surface area contributed by atoms with Crippen LogP contribution in [0.1, 0.15) is 34.6 Å². The van der Waals surface area contributed by atoms with Gasteiger partial charge in [0.05, 0.1) is 5.92 Å². The van der Waals surface area contributed by atoms with Crippen LogP contribution in [-0.2, 0) is 4.79 Å². The van der Waals surface area contributed by atoms with Crippen LogP contribution in [0, 0.1) is 16.7 Å². The van der Waals surface area contributed by atoms with Gasteiger partial charge in [0.2, 0.25) is 5.91 Å². The summed E-state index contributed by atoms with van der Waals surface area (Å²) in [6.07, 6.45) is 0. The smallest absolute Gasteiger partial charge is 0.225 e. The Morgan fingerprint density at radius 1 is 1.27 bits per heavy atom. The first-order valence-corrected chi connectivity index (χ1v) is 5.72. The molecule has 0 bridgehead atoms. The molecule has 3 heteroatoms. The van der Waals surface area contributed by atoms with E-state index in [-0.39, 0.29) is 22.7 Å². The highest BCUT2D eigenvalue weighted by Crippen LogP contribution is 2.37. The minimum Gasteiger partial charge on any atom is -0.355 e. The maximum Gasteiger partial charge on any atom is 0.225 e. The Bertz CT molecular complexity index is 236. The molecule has 0 aromatic carbocycles. The van der Waals surface area contributed by atoms with E-state index in [2.05, 4.69) is 45.3 Å². The van der Waals surface area contributed by atoms with Crippen LogP contribution in [0.15, 0.2) is 0 Å². The number of hydrogen-bond donors (Lipinski definition) is 2. The number of nitrogens with one attached hydrogen (secondary N) is 2. The predicted octanol–water partition coefficient (Wildman–Crippen LogP) is 1.39. The van der Waals surface area contributed by atoms with Crippen LogP contribution in [0.5, 0.6) is 0 Å². The fourth-order valence-corrected chi connectivity index (χ4v) is 1.19. The van der Waals surface area contributed by atoms with E-state index in [1.54, 1.807) is 0 Å². The van der Waals surface area contributed by atoms with Gasteiger partial charge in [0.25, 0.3) is 0 Å². The SMILES string of the molecule is CC(C)(C)C(C)(C)CNC(=O)C1CNC1. The van der Waals surface area contributed by atoms with Crippen molar-refractivity contribution >= 4 is 5.91 Å². The Hall–Kier alpha value is -0.570. The van der Waals surface area contributed by atoms with E-state index in [4.69, 9.17) is 0 Å². The van der Waals surface area contributed by atoms with E-state index in [9.17, 15) is 4.79 Å². The van der Waals surface area contributed by atoms with Gasteiger partial charge in [0, 0.05) is 19.6 Å². The molecule has 15 heavy (non-hydrogen) atoms. The minimum atomic E-state index is 0.125. The Morgan fingerprint density at radius 2 is 1.80 bits per heavy atom. The number of amides is 1. The largest absolute Gasteiger partial charge is 0.355 e. The van der Waals surface area contributed by atoms with Crippen LogP contribution in [0.3, 0.4) is 0 Å². The average molecular weight is 212 g/mol. The van der Waals surface area contributed by atoms with Gasteiger partial charge in [0.1, 0.15) is 0 Å². The van der Waals surface area contributed by atoms with Gasteiger partial charge < -0.3 is 10.6 Å². The standard InChI is InChI=1S/C12H24N2O/c1-11(2,3)12(4,5)8-14-10(15)9-6-13-7-9/h9,13H,6-8H2,1-5H3,(H,14,15). The van der Waals surface area contributed by atoms with Gasteiger partial charge in [-0.05, 0) is 10.8 Å². The lowest BCUT2D eigenvalue weighted by molar-refractivity contribution is -0.127. The molecule has 0 aromatic rings. The summed E-state index contributed by atoms with van der Waals surface area (Å²) in [4.78, 5) is 11.6. The highest BCUT2D eigenvalue weighted by Gasteiger charge is 2.34. The zero-order valence-corrected chi connectivity index (χ0v) is 10.6. The Kier molecular flexibility index (Phi) is 3.44. The minimum absolute atomic E-state index is 0.125. The molecular weight excluding hydrogens is 188 g/mol. The van der Waals surface area contributed by atoms with Crippen molar-refractivity contribution in [3.8, 4) is 0 Å². The average Bonchev–Trinajstić information content (AvgIpc) is 1.95. The van der Waals surface area contributed by atoms with E-state index in [0.717, 1.165) is 19.6 Å². The van der Waals surface area contributed by atoms with Crippen molar-refractivity contribution < 1.29 is 4.79 Å². The molecule has 2 N–H and O–H groups in total. The summed E-state index contributed by atoms with van der Waals surface area (Å²) < 4.78 is 0. The van der Waals surface area contributed by atoms with Crippen molar-refractivity contribution in [2.75, 3.05) is 19.6 Å². The molecule has 1 aliphatic rings. The molecule has 1 amide bonds. The van der Waals surface area contributed by atoms with Crippen molar-refractivity contribution in [3.05, 3.63) is 0 Å². The van der Waals surface area contributed by atoms with Crippen molar-refractivity contribution in [2.45, 2.75) is 34.6 Å². The van der Waals surface area contributed by atoms with Crippen LogP contribution < -0.4 is 10.6 Å². The zero-order chi connectivity index (χ0) is 11.7. The second-order valence-electron chi connectivity index (χ2n) is 6.21. The first-order chi connectivity index (χ1) is 6.74. The van der Waals surface area contributed by atoms with E-state index in [0.29, 0.717) is 0 Å². The summed E-state index contributed by atoms with van der Waals surface area (Å²) in [6, 6.07) is 0. The second-order valence-corrected chi connectivity index (χ2v) is 6.21. The summed E-state index contributed by atoms with van der Waals surface area (Å²) in [7, 11) is 0. The molecule has 0 aliphatic carbocycles. The Balaban J connectivity index is 2.38. The monoisotopic (exact) mass is 212 g/mol. The molecule has 0 spiro atoms. The lowest BCUT2D eigenvalue weighted by Crippen LogP contribution is -2.53. The normalized spacial score (nSPS) is 18.5. The van der Waals surface area contributed by atoms with Crippen molar-refractivity contribution in [2.24, 2.45) is 16.7 Å². The van der Waals surface area contributed by atoms with Gasteiger partial charge in [-0.25, -0.2) is 0 Å². The molecule has 1 rings (SSSR count). The van der Waals surface area contributed by atoms with Crippen LogP contribution in [0.25, 0.3) is 0 Å². The topological polar surface area (TPSA) is 41.1 Å². The van der Waals surface area contributed by atoms with E-state index < -0.39 is 0 Å². The number of hydrogen-bond acceptors (Lipinski definition) is 2. The molecule has 0 saturated carbocycles. The van der Waals surface area contributed by atoms with E-state index in [1.807, 2.05) is 0 Å². The van der Waals surface area contributed by atoms with Crippen LogP contribution >= 0.6 is 0 Å².